The van der Waals surface area contributed by atoms with Crippen LogP contribution in [0.2, 0.25) is 0 Å². The molecule has 1 saturated heterocycles. The van der Waals surface area contributed by atoms with Gasteiger partial charge in [-0.15, -0.1) is 0 Å². The second kappa shape index (κ2) is 5.22. The third-order valence-electron chi connectivity index (χ3n) is 3.21. The maximum Gasteiger partial charge on any atom is 0.252 e. The molecule has 1 aliphatic heterocycles. The first kappa shape index (κ1) is 12.6. The number of anilines is 2. The maximum atomic E-state index is 11.3. The first-order chi connectivity index (χ1) is 8.58. The number of carbonyl (C=O) groups is 1. The standard InChI is InChI=1S/C12H18N4O2/c1-7(8-2-3-18-6-8)16-12-10(11(14)17)4-9(13)5-15-12/h4-5,7-8H,2-3,6,13H2,1H3,(H2,14,17)(H,15,16). The highest BCUT2D eigenvalue weighted by atomic mass is 16.5. The Hall–Kier alpha value is -1.82. The number of nitrogen functional groups attached to an aromatic ring is 1. The van der Waals surface area contributed by atoms with E-state index in [0.29, 0.717) is 23.0 Å². The van der Waals surface area contributed by atoms with Crippen LogP contribution in [0.3, 0.4) is 0 Å². The van der Waals surface area contributed by atoms with Crippen LogP contribution < -0.4 is 16.8 Å². The van der Waals surface area contributed by atoms with Crippen LogP contribution in [0.25, 0.3) is 0 Å². The number of nitrogens with zero attached hydrogens (tertiary/aromatic N) is 1. The molecule has 2 unspecified atom stereocenters. The van der Waals surface area contributed by atoms with Crippen molar-refractivity contribution in [3.63, 3.8) is 0 Å². The lowest BCUT2D eigenvalue weighted by atomic mass is 10.0. The Morgan fingerprint density at radius 1 is 1.67 bits per heavy atom. The fourth-order valence-electron chi connectivity index (χ4n) is 2.06. The topological polar surface area (TPSA) is 103 Å². The van der Waals surface area contributed by atoms with Crippen molar-refractivity contribution in [1.82, 2.24) is 4.98 Å². The molecular formula is C12H18N4O2. The van der Waals surface area contributed by atoms with Gasteiger partial charge >= 0.3 is 0 Å². The number of amides is 1. The van der Waals surface area contributed by atoms with E-state index in [9.17, 15) is 4.79 Å². The summed E-state index contributed by atoms with van der Waals surface area (Å²) in [6, 6.07) is 1.71. The van der Waals surface area contributed by atoms with Gasteiger partial charge in [-0.25, -0.2) is 4.98 Å². The minimum Gasteiger partial charge on any atom is -0.397 e. The van der Waals surface area contributed by atoms with Crippen molar-refractivity contribution in [3.8, 4) is 0 Å². The van der Waals surface area contributed by atoms with Crippen LogP contribution in [-0.4, -0.2) is 30.1 Å². The first-order valence-corrected chi connectivity index (χ1v) is 5.97. The van der Waals surface area contributed by atoms with Crippen molar-refractivity contribution in [2.24, 2.45) is 11.7 Å². The van der Waals surface area contributed by atoms with Gasteiger partial charge in [0.1, 0.15) is 5.82 Å². The number of aromatic nitrogens is 1. The molecule has 1 amide bonds. The minimum absolute atomic E-state index is 0.168. The largest absolute Gasteiger partial charge is 0.397 e. The van der Waals surface area contributed by atoms with Gasteiger partial charge in [0.05, 0.1) is 24.1 Å². The SMILES string of the molecule is CC(Nc1ncc(N)cc1C(N)=O)C1CCOC1. The number of pyridine rings is 1. The number of nitrogens with one attached hydrogen (secondary N) is 1. The molecule has 0 aromatic carbocycles. The van der Waals surface area contributed by atoms with Gasteiger partial charge in [0.15, 0.2) is 0 Å². The van der Waals surface area contributed by atoms with Crippen LogP contribution in [0, 0.1) is 5.92 Å². The van der Waals surface area contributed by atoms with Crippen LogP contribution in [0.15, 0.2) is 12.3 Å². The van der Waals surface area contributed by atoms with Crippen LogP contribution in [0.1, 0.15) is 23.7 Å². The van der Waals surface area contributed by atoms with E-state index >= 15 is 0 Å². The first-order valence-electron chi connectivity index (χ1n) is 5.97. The maximum absolute atomic E-state index is 11.3. The van der Waals surface area contributed by atoms with Gasteiger partial charge in [0.25, 0.3) is 5.91 Å². The number of hydrogen-bond donors (Lipinski definition) is 3. The van der Waals surface area contributed by atoms with Crippen LogP contribution in [0.5, 0.6) is 0 Å². The van der Waals surface area contributed by atoms with Gasteiger partial charge in [-0.05, 0) is 19.4 Å². The van der Waals surface area contributed by atoms with Crippen molar-refractivity contribution in [3.05, 3.63) is 17.8 Å². The van der Waals surface area contributed by atoms with Crippen LogP contribution in [-0.2, 0) is 4.74 Å². The van der Waals surface area contributed by atoms with Crippen molar-refractivity contribution < 1.29 is 9.53 Å². The molecule has 6 heteroatoms. The smallest absolute Gasteiger partial charge is 0.252 e. The third kappa shape index (κ3) is 2.70. The van der Waals surface area contributed by atoms with E-state index in [0.717, 1.165) is 19.6 Å². The zero-order valence-corrected chi connectivity index (χ0v) is 10.3. The molecule has 0 bridgehead atoms. The molecule has 2 atom stereocenters. The zero-order chi connectivity index (χ0) is 13.1. The molecule has 1 aromatic heterocycles. The second-order valence-corrected chi connectivity index (χ2v) is 4.59. The summed E-state index contributed by atoms with van der Waals surface area (Å²) in [5.41, 5.74) is 11.7. The lowest BCUT2D eigenvalue weighted by Crippen LogP contribution is -2.28. The predicted molar refractivity (Wildman–Crippen MR) is 69.2 cm³/mol. The number of primary amides is 1. The minimum atomic E-state index is -0.535. The number of rotatable bonds is 4. The Kier molecular flexibility index (Phi) is 3.66. The molecule has 0 aliphatic carbocycles. The molecule has 2 heterocycles. The molecular weight excluding hydrogens is 232 g/mol. The summed E-state index contributed by atoms with van der Waals surface area (Å²) < 4.78 is 5.34. The van der Waals surface area contributed by atoms with Gasteiger partial charge in [-0.1, -0.05) is 0 Å². The molecule has 18 heavy (non-hydrogen) atoms. The van der Waals surface area contributed by atoms with E-state index in [1.54, 1.807) is 0 Å². The van der Waals surface area contributed by atoms with Gasteiger partial charge in [-0.3, -0.25) is 4.79 Å². The molecule has 0 saturated carbocycles. The van der Waals surface area contributed by atoms with E-state index in [1.165, 1.54) is 12.3 Å². The molecule has 6 nitrogen and oxygen atoms in total. The molecule has 1 aromatic rings. The molecule has 5 N–H and O–H groups in total. The summed E-state index contributed by atoms with van der Waals surface area (Å²) in [4.78, 5) is 15.5. The summed E-state index contributed by atoms with van der Waals surface area (Å²) in [5, 5.41) is 3.21. The Morgan fingerprint density at radius 3 is 3.06 bits per heavy atom. The summed E-state index contributed by atoms with van der Waals surface area (Å²) >= 11 is 0. The predicted octanol–water partition coefficient (Wildman–Crippen LogP) is 0.600. The average Bonchev–Trinajstić information content (AvgIpc) is 2.84. The van der Waals surface area contributed by atoms with Crippen LogP contribution in [0.4, 0.5) is 11.5 Å². The molecule has 2 rings (SSSR count). The average molecular weight is 250 g/mol. The van der Waals surface area contributed by atoms with Gasteiger partial charge in [-0.2, -0.15) is 0 Å². The van der Waals surface area contributed by atoms with E-state index in [2.05, 4.69) is 10.3 Å². The van der Waals surface area contributed by atoms with E-state index in [1.807, 2.05) is 6.92 Å². The summed E-state index contributed by atoms with van der Waals surface area (Å²) in [7, 11) is 0. The quantitative estimate of drug-likeness (QED) is 0.726. The fraction of sp³-hybridized carbons (Fsp3) is 0.500. The van der Waals surface area contributed by atoms with Gasteiger partial charge in [0.2, 0.25) is 0 Å². The van der Waals surface area contributed by atoms with E-state index in [4.69, 9.17) is 16.2 Å². The summed E-state index contributed by atoms with van der Waals surface area (Å²) in [6.45, 7) is 3.56. The Balaban J connectivity index is 2.15. The fourth-order valence-corrected chi connectivity index (χ4v) is 2.06. The van der Waals surface area contributed by atoms with Crippen molar-refractivity contribution in [2.75, 3.05) is 24.3 Å². The monoisotopic (exact) mass is 250 g/mol. The molecule has 1 fully saturated rings. The van der Waals surface area contributed by atoms with E-state index in [-0.39, 0.29) is 6.04 Å². The van der Waals surface area contributed by atoms with Crippen LogP contribution >= 0.6 is 0 Å². The van der Waals surface area contributed by atoms with Crippen molar-refractivity contribution in [1.29, 1.82) is 0 Å². The van der Waals surface area contributed by atoms with Gasteiger partial charge in [0, 0.05) is 18.6 Å². The summed E-state index contributed by atoms with van der Waals surface area (Å²) in [6.07, 6.45) is 2.52. The zero-order valence-electron chi connectivity index (χ0n) is 10.3. The number of hydrogen-bond acceptors (Lipinski definition) is 5. The molecule has 1 aliphatic rings. The Morgan fingerprint density at radius 2 is 2.44 bits per heavy atom. The van der Waals surface area contributed by atoms with Gasteiger partial charge < -0.3 is 21.5 Å². The lowest BCUT2D eigenvalue weighted by Gasteiger charge is -2.21. The third-order valence-corrected chi connectivity index (χ3v) is 3.21. The normalized spacial score (nSPS) is 20.6. The number of nitrogens with two attached hydrogens (primary N) is 2. The van der Waals surface area contributed by atoms with Crippen molar-refractivity contribution in [2.45, 2.75) is 19.4 Å². The second-order valence-electron chi connectivity index (χ2n) is 4.59. The van der Waals surface area contributed by atoms with Crippen molar-refractivity contribution >= 4 is 17.4 Å². The van der Waals surface area contributed by atoms with E-state index < -0.39 is 5.91 Å². The molecule has 98 valence electrons. The number of carbonyl (C=O) groups excluding carboxylic acids is 1. The number of ether oxygens (including phenoxy) is 1. The lowest BCUT2D eigenvalue weighted by molar-refractivity contribution is 0.100. The molecule has 0 spiro atoms. The molecule has 0 radical (unpaired) electrons. The Bertz CT molecular complexity index is 444. The highest BCUT2D eigenvalue weighted by Gasteiger charge is 2.23. The Labute approximate surface area is 106 Å². The summed E-state index contributed by atoms with van der Waals surface area (Å²) in [5.74, 6) is 0.369. The highest BCUT2D eigenvalue weighted by Crippen LogP contribution is 2.22. The highest BCUT2D eigenvalue weighted by molar-refractivity contribution is 5.98.